The van der Waals surface area contributed by atoms with Crippen molar-refractivity contribution in [2.24, 2.45) is 0 Å². The van der Waals surface area contributed by atoms with Crippen LogP contribution in [0.4, 0.5) is 0 Å². The van der Waals surface area contributed by atoms with E-state index in [2.05, 4.69) is 16.4 Å². The summed E-state index contributed by atoms with van der Waals surface area (Å²) in [4.78, 5) is 4.75. The van der Waals surface area contributed by atoms with Crippen LogP contribution in [0.3, 0.4) is 0 Å². The SMILES string of the molecule is C=CCN1CCOCC2(C1)CN(Cc1ccco1)CCO2. The van der Waals surface area contributed by atoms with Gasteiger partial charge in [-0.1, -0.05) is 6.08 Å². The summed E-state index contributed by atoms with van der Waals surface area (Å²) in [5, 5.41) is 0. The fourth-order valence-electron chi connectivity index (χ4n) is 3.19. The fourth-order valence-corrected chi connectivity index (χ4v) is 3.19. The van der Waals surface area contributed by atoms with E-state index in [1.807, 2.05) is 18.2 Å². The third kappa shape index (κ3) is 3.74. The monoisotopic (exact) mass is 292 g/mol. The zero-order valence-electron chi connectivity index (χ0n) is 12.5. The molecule has 0 bridgehead atoms. The van der Waals surface area contributed by atoms with Crippen molar-refractivity contribution in [2.45, 2.75) is 12.1 Å². The number of nitrogens with zero attached hydrogens (tertiary/aromatic N) is 2. The average Bonchev–Trinajstić information content (AvgIpc) is 2.90. The van der Waals surface area contributed by atoms with Gasteiger partial charge in [0.15, 0.2) is 0 Å². The molecule has 5 nitrogen and oxygen atoms in total. The second kappa shape index (κ2) is 6.75. The zero-order chi connectivity index (χ0) is 14.5. The van der Waals surface area contributed by atoms with E-state index >= 15 is 0 Å². The third-order valence-electron chi connectivity index (χ3n) is 4.10. The molecule has 3 rings (SSSR count). The van der Waals surface area contributed by atoms with Gasteiger partial charge in [0, 0.05) is 32.7 Å². The van der Waals surface area contributed by atoms with Crippen LogP contribution in [0.5, 0.6) is 0 Å². The summed E-state index contributed by atoms with van der Waals surface area (Å²) in [6.45, 7) is 11.4. The minimum Gasteiger partial charge on any atom is -0.468 e. The molecule has 5 heteroatoms. The van der Waals surface area contributed by atoms with Gasteiger partial charge in [-0.3, -0.25) is 9.80 Å². The first-order chi connectivity index (χ1) is 10.3. The highest BCUT2D eigenvalue weighted by atomic mass is 16.5. The van der Waals surface area contributed by atoms with Crippen LogP contribution in [-0.4, -0.2) is 67.9 Å². The molecule has 2 aliphatic rings. The molecule has 0 radical (unpaired) electrons. The zero-order valence-corrected chi connectivity index (χ0v) is 12.5. The van der Waals surface area contributed by atoms with E-state index in [0.717, 1.165) is 58.2 Å². The van der Waals surface area contributed by atoms with E-state index in [1.54, 1.807) is 6.26 Å². The molecule has 1 unspecified atom stereocenters. The van der Waals surface area contributed by atoms with Crippen LogP contribution in [0.2, 0.25) is 0 Å². The Hall–Kier alpha value is -1.14. The molecule has 2 aliphatic heterocycles. The summed E-state index contributed by atoms with van der Waals surface area (Å²) in [6, 6.07) is 3.96. The Morgan fingerprint density at radius 3 is 2.90 bits per heavy atom. The Kier molecular flexibility index (Phi) is 4.75. The maximum Gasteiger partial charge on any atom is 0.117 e. The van der Waals surface area contributed by atoms with Gasteiger partial charge in [0.25, 0.3) is 0 Å². The van der Waals surface area contributed by atoms with E-state index in [0.29, 0.717) is 6.61 Å². The van der Waals surface area contributed by atoms with Crippen molar-refractivity contribution < 1.29 is 13.9 Å². The Morgan fingerprint density at radius 2 is 2.10 bits per heavy atom. The van der Waals surface area contributed by atoms with Gasteiger partial charge in [-0.25, -0.2) is 0 Å². The van der Waals surface area contributed by atoms with Gasteiger partial charge in [0.1, 0.15) is 11.4 Å². The standard InChI is InChI=1S/C16H24N2O3/c1-2-5-17-6-9-19-14-16(12-17)13-18(7-10-21-16)11-15-4-3-8-20-15/h2-4,8H,1,5-7,9-14H2. The van der Waals surface area contributed by atoms with Crippen molar-refractivity contribution in [3.63, 3.8) is 0 Å². The van der Waals surface area contributed by atoms with Gasteiger partial charge < -0.3 is 13.9 Å². The number of rotatable bonds is 4. The molecule has 0 aliphatic carbocycles. The smallest absolute Gasteiger partial charge is 0.117 e. The summed E-state index contributed by atoms with van der Waals surface area (Å²) in [6.07, 6.45) is 3.68. The Labute approximate surface area is 126 Å². The van der Waals surface area contributed by atoms with Crippen LogP contribution in [0, 0.1) is 0 Å². The number of hydrogen-bond acceptors (Lipinski definition) is 5. The highest BCUT2D eigenvalue weighted by Gasteiger charge is 2.40. The highest BCUT2D eigenvalue weighted by Crippen LogP contribution is 2.23. The molecule has 0 saturated carbocycles. The highest BCUT2D eigenvalue weighted by molar-refractivity contribution is 5.00. The van der Waals surface area contributed by atoms with Crippen LogP contribution in [-0.2, 0) is 16.0 Å². The molecular formula is C16H24N2O3. The van der Waals surface area contributed by atoms with Gasteiger partial charge in [-0.2, -0.15) is 0 Å². The fraction of sp³-hybridized carbons (Fsp3) is 0.625. The van der Waals surface area contributed by atoms with Crippen LogP contribution in [0.15, 0.2) is 35.5 Å². The van der Waals surface area contributed by atoms with Crippen LogP contribution >= 0.6 is 0 Å². The van der Waals surface area contributed by atoms with E-state index in [9.17, 15) is 0 Å². The van der Waals surface area contributed by atoms with Gasteiger partial charge in [-0.05, 0) is 12.1 Å². The number of furan rings is 1. The van der Waals surface area contributed by atoms with Crippen molar-refractivity contribution in [3.8, 4) is 0 Å². The number of hydrogen-bond donors (Lipinski definition) is 0. The minimum atomic E-state index is -0.232. The third-order valence-corrected chi connectivity index (χ3v) is 4.10. The molecule has 116 valence electrons. The van der Waals surface area contributed by atoms with Crippen molar-refractivity contribution >= 4 is 0 Å². The summed E-state index contributed by atoms with van der Waals surface area (Å²) in [5.41, 5.74) is -0.232. The molecule has 1 atom stereocenters. The normalized spacial score (nSPS) is 28.6. The van der Waals surface area contributed by atoms with Crippen molar-refractivity contribution in [1.29, 1.82) is 0 Å². The molecular weight excluding hydrogens is 268 g/mol. The second-order valence-electron chi connectivity index (χ2n) is 5.90. The molecule has 1 aromatic heterocycles. The molecule has 21 heavy (non-hydrogen) atoms. The maximum atomic E-state index is 6.14. The first-order valence-corrected chi connectivity index (χ1v) is 7.59. The lowest BCUT2D eigenvalue weighted by molar-refractivity contribution is -0.143. The predicted octanol–water partition coefficient (Wildman–Crippen LogP) is 1.37. The molecule has 2 fully saturated rings. The summed E-state index contributed by atoms with van der Waals surface area (Å²) in [7, 11) is 0. The first kappa shape index (κ1) is 14.8. The molecule has 0 N–H and O–H groups in total. The van der Waals surface area contributed by atoms with E-state index in [4.69, 9.17) is 13.9 Å². The largest absolute Gasteiger partial charge is 0.468 e. The second-order valence-corrected chi connectivity index (χ2v) is 5.90. The minimum absolute atomic E-state index is 0.232. The van der Waals surface area contributed by atoms with Gasteiger partial charge in [0.05, 0.1) is 32.6 Å². The van der Waals surface area contributed by atoms with Crippen molar-refractivity contribution in [1.82, 2.24) is 9.80 Å². The molecule has 1 aromatic rings. The van der Waals surface area contributed by atoms with Crippen LogP contribution in [0.1, 0.15) is 5.76 Å². The lowest BCUT2D eigenvalue weighted by Crippen LogP contribution is -2.58. The van der Waals surface area contributed by atoms with Gasteiger partial charge >= 0.3 is 0 Å². The van der Waals surface area contributed by atoms with Gasteiger partial charge in [0.2, 0.25) is 0 Å². The predicted molar refractivity (Wildman–Crippen MR) is 80.1 cm³/mol. The quantitative estimate of drug-likeness (QED) is 0.784. The summed E-state index contributed by atoms with van der Waals surface area (Å²) >= 11 is 0. The molecule has 3 heterocycles. The van der Waals surface area contributed by atoms with E-state index in [-0.39, 0.29) is 5.60 Å². The Balaban J connectivity index is 1.66. The summed E-state index contributed by atoms with van der Waals surface area (Å²) < 4.78 is 17.4. The van der Waals surface area contributed by atoms with E-state index in [1.165, 1.54) is 0 Å². The topological polar surface area (TPSA) is 38.1 Å². The molecule has 1 spiro atoms. The Bertz CT molecular complexity index is 448. The molecule has 0 amide bonds. The van der Waals surface area contributed by atoms with E-state index < -0.39 is 0 Å². The lowest BCUT2D eigenvalue weighted by Gasteiger charge is -2.43. The maximum absolute atomic E-state index is 6.14. The van der Waals surface area contributed by atoms with Crippen molar-refractivity contribution in [3.05, 3.63) is 36.8 Å². The van der Waals surface area contributed by atoms with Crippen LogP contribution < -0.4 is 0 Å². The summed E-state index contributed by atoms with van der Waals surface area (Å²) in [5.74, 6) is 1.00. The first-order valence-electron chi connectivity index (χ1n) is 7.59. The van der Waals surface area contributed by atoms with Crippen molar-refractivity contribution in [2.75, 3.05) is 52.5 Å². The molecule has 0 aromatic carbocycles. The lowest BCUT2D eigenvalue weighted by atomic mass is 10.0. The number of morpholine rings is 1. The Morgan fingerprint density at radius 1 is 1.24 bits per heavy atom. The average molecular weight is 292 g/mol. The van der Waals surface area contributed by atoms with Crippen LogP contribution in [0.25, 0.3) is 0 Å². The number of ether oxygens (including phenoxy) is 2. The van der Waals surface area contributed by atoms with Gasteiger partial charge in [-0.15, -0.1) is 6.58 Å². The molecule has 2 saturated heterocycles.